The first-order valence-electron chi connectivity index (χ1n) is 10.2. The first kappa shape index (κ1) is 22.2. The summed E-state index contributed by atoms with van der Waals surface area (Å²) >= 11 is 1.53. The fourth-order valence-electron chi connectivity index (χ4n) is 2.92. The van der Waals surface area contributed by atoms with Crippen LogP contribution in [0.3, 0.4) is 0 Å². The van der Waals surface area contributed by atoms with E-state index in [2.05, 4.69) is 9.97 Å². The smallest absolute Gasteiger partial charge is 0.362 e. The lowest BCUT2D eigenvalue weighted by molar-refractivity contribution is 0.0719. The van der Waals surface area contributed by atoms with Crippen molar-refractivity contribution in [1.82, 2.24) is 9.97 Å². The predicted molar refractivity (Wildman–Crippen MR) is 125 cm³/mol. The third-order valence-electron chi connectivity index (χ3n) is 4.50. The number of rotatable bonds is 6. The summed E-state index contributed by atoms with van der Waals surface area (Å²) in [5, 5.41) is 0. The van der Waals surface area contributed by atoms with Gasteiger partial charge in [0, 0.05) is 21.2 Å². The van der Waals surface area contributed by atoms with Crippen molar-refractivity contribution in [2.75, 3.05) is 0 Å². The second-order valence-electron chi connectivity index (χ2n) is 7.15. The monoisotopic (exact) mass is 456 g/mol. The van der Waals surface area contributed by atoms with Crippen molar-refractivity contribution >= 4 is 23.7 Å². The van der Waals surface area contributed by atoms with Crippen LogP contribution in [-0.2, 0) is 0 Å². The summed E-state index contributed by atoms with van der Waals surface area (Å²) in [6.45, 7) is 3.64. The van der Waals surface area contributed by atoms with Gasteiger partial charge in [0.25, 0.3) is 0 Å². The summed E-state index contributed by atoms with van der Waals surface area (Å²) in [7, 11) is 0. The molecule has 0 amide bonds. The van der Waals surface area contributed by atoms with Gasteiger partial charge in [-0.2, -0.15) is 0 Å². The standard InChI is InChI=1S/C26H20N2O4S/c1-17-5-3-7-23(27-17)25(29)31-19-9-13-21(14-10-19)33-22-15-11-20(12-16-22)32-26(30)24-8-4-6-18(2)28-24/h3-16H,1-2H3. The first-order chi connectivity index (χ1) is 16.0. The Bertz CT molecular complexity index is 1190. The molecule has 0 aliphatic heterocycles. The van der Waals surface area contributed by atoms with Crippen LogP contribution in [-0.4, -0.2) is 21.9 Å². The lowest BCUT2D eigenvalue weighted by Gasteiger charge is -2.07. The quantitative estimate of drug-likeness (QED) is 0.273. The van der Waals surface area contributed by atoms with Crippen molar-refractivity contribution in [2.45, 2.75) is 23.6 Å². The number of ether oxygens (including phenoxy) is 2. The van der Waals surface area contributed by atoms with Gasteiger partial charge in [-0.1, -0.05) is 23.9 Å². The number of aryl methyl sites for hydroxylation is 2. The molecule has 0 saturated carbocycles. The van der Waals surface area contributed by atoms with E-state index in [1.807, 2.05) is 50.2 Å². The number of carbonyl (C=O) groups excluding carboxylic acids is 2. The van der Waals surface area contributed by atoms with Gasteiger partial charge in [-0.15, -0.1) is 0 Å². The maximum atomic E-state index is 12.2. The van der Waals surface area contributed by atoms with Crippen molar-refractivity contribution in [1.29, 1.82) is 0 Å². The molecule has 2 aromatic carbocycles. The van der Waals surface area contributed by atoms with Gasteiger partial charge in [-0.3, -0.25) is 0 Å². The van der Waals surface area contributed by atoms with Crippen LogP contribution in [0.4, 0.5) is 0 Å². The molecule has 4 rings (SSSR count). The van der Waals surface area contributed by atoms with Crippen LogP contribution in [0.25, 0.3) is 0 Å². The predicted octanol–water partition coefficient (Wildman–Crippen LogP) is 5.68. The molecule has 6 nitrogen and oxygen atoms in total. The lowest BCUT2D eigenvalue weighted by Crippen LogP contribution is -2.10. The van der Waals surface area contributed by atoms with Crippen molar-refractivity contribution in [3.8, 4) is 11.5 Å². The van der Waals surface area contributed by atoms with E-state index in [4.69, 9.17) is 9.47 Å². The van der Waals surface area contributed by atoms with Crippen LogP contribution < -0.4 is 9.47 Å². The number of pyridine rings is 2. The van der Waals surface area contributed by atoms with E-state index in [9.17, 15) is 9.59 Å². The van der Waals surface area contributed by atoms with Crippen LogP contribution >= 0.6 is 11.8 Å². The summed E-state index contributed by atoms with van der Waals surface area (Å²) in [5.41, 5.74) is 2.05. The van der Waals surface area contributed by atoms with Gasteiger partial charge in [0.2, 0.25) is 0 Å². The Morgan fingerprint density at radius 2 is 1.00 bits per heavy atom. The third-order valence-corrected chi connectivity index (χ3v) is 5.51. The molecule has 2 heterocycles. The molecule has 0 N–H and O–H groups in total. The van der Waals surface area contributed by atoms with Gasteiger partial charge in [-0.05, 0) is 86.6 Å². The summed E-state index contributed by atoms with van der Waals surface area (Å²) in [6.07, 6.45) is 0. The first-order valence-corrected chi connectivity index (χ1v) is 11.0. The third kappa shape index (κ3) is 6.05. The molecule has 0 aliphatic rings. The van der Waals surface area contributed by atoms with E-state index in [0.29, 0.717) is 11.5 Å². The molecule has 0 atom stereocenters. The van der Waals surface area contributed by atoms with Gasteiger partial charge >= 0.3 is 11.9 Å². The molecule has 0 radical (unpaired) electrons. The maximum Gasteiger partial charge on any atom is 0.362 e. The molecule has 33 heavy (non-hydrogen) atoms. The maximum absolute atomic E-state index is 12.2. The number of esters is 2. The minimum Gasteiger partial charge on any atom is -0.422 e. The average molecular weight is 457 g/mol. The number of benzene rings is 2. The second kappa shape index (κ2) is 10.1. The Hall–Kier alpha value is -3.97. The highest BCUT2D eigenvalue weighted by molar-refractivity contribution is 7.99. The van der Waals surface area contributed by atoms with Crippen molar-refractivity contribution in [3.63, 3.8) is 0 Å². The van der Waals surface area contributed by atoms with E-state index in [0.717, 1.165) is 21.2 Å². The van der Waals surface area contributed by atoms with Gasteiger partial charge in [0.05, 0.1) is 0 Å². The van der Waals surface area contributed by atoms with Crippen molar-refractivity contribution in [2.24, 2.45) is 0 Å². The molecule has 0 unspecified atom stereocenters. The van der Waals surface area contributed by atoms with Crippen LogP contribution in [0.15, 0.2) is 94.7 Å². The number of aromatic nitrogens is 2. The van der Waals surface area contributed by atoms with Gasteiger partial charge in [0.15, 0.2) is 0 Å². The van der Waals surface area contributed by atoms with E-state index in [1.165, 1.54) is 11.8 Å². The van der Waals surface area contributed by atoms with Crippen molar-refractivity contribution in [3.05, 3.63) is 108 Å². The highest BCUT2D eigenvalue weighted by Gasteiger charge is 2.12. The zero-order valence-electron chi connectivity index (χ0n) is 18.0. The molecule has 4 aromatic rings. The zero-order chi connectivity index (χ0) is 23.2. The molecular formula is C26H20N2O4S. The number of hydrogen-bond donors (Lipinski definition) is 0. The molecule has 0 fully saturated rings. The Morgan fingerprint density at radius 1 is 0.606 bits per heavy atom. The van der Waals surface area contributed by atoms with Crippen LogP contribution in [0.5, 0.6) is 11.5 Å². The number of nitrogens with zero attached hydrogens (tertiary/aromatic N) is 2. The topological polar surface area (TPSA) is 78.4 Å². The van der Waals surface area contributed by atoms with E-state index in [1.54, 1.807) is 48.5 Å². The Labute approximate surface area is 195 Å². The summed E-state index contributed by atoms with van der Waals surface area (Å²) in [6, 6.07) is 24.8. The SMILES string of the molecule is Cc1cccc(C(=O)Oc2ccc(Sc3ccc(OC(=O)c4cccc(C)n4)cc3)cc2)n1. The molecule has 0 aliphatic carbocycles. The number of carbonyl (C=O) groups is 2. The molecule has 2 aromatic heterocycles. The summed E-state index contributed by atoms with van der Waals surface area (Å²) in [4.78, 5) is 34.7. The molecule has 164 valence electrons. The lowest BCUT2D eigenvalue weighted by atomic mass is 10.3. The van der Waals surface area contributed by atoms with Crippen LogP contribution in [0.1, 0.15) is 32.4 Å². The zero-order valence-corrected chi connectivity index (χ0v) is 18.8. The molecule has 7 heteroatoms. The average Bonchev–Trinajstić information content (AvgIpc) is 2.81. The Kier molecular flexibility index (Phi) is 6.80. The van der Waals surface area contributed by atoms with Gasteiger partial charge in [-0.25, -0.2) is 19.6 Å². The van der Waals surface area contributed by atoms with Crippen molar-refractivity contribution < 1.29 is 19.1 Å². The minimum atomic E-state index is -0.495. The second-order valence-corrected chi connectivity index (χ2v) is 8.30. The molecule has 0 spiro atoms. The summed E-state index contributed by atoms with van der Waals surface area (Å²) < 4.78 is 10.8. The molecule has 0 saturated heterocycles. The van der Waals surface area contributed by atoms with E-state index < -0.39 is 11.9 Å². The number of hydrogen-bond acceptors (Lipinski definition) is 7. The van der Waals surface area contributed by atoms with Gasteiger partial charge < -0.3 is 9.47 Å². The van der Waals surface area contributed by atoms with Crippen LogP contribution in [0, 0.1) is 13.8 Å². The van der Waals surface area contributed by atoms with Crippen LogP contribution in [0.2, 0.25) is 0 Å². The normalized spacial score (nSPS) is 10.5. The largest absolute Gasteiger partial charge is 0.422 e. The van der Waals surface area contributed by atoms with E-state index in [-0.39, 0.29) is 11.4 Å². The highest BCUT2D eigenvalue weighted by atomic mass is 32.2. The van der Waals surface area contributed by atoms with Gasteiger partial charge in [0.1, 0.15) is 22.9 Å². The highest BCUT2D eigenvalue weighted by Crippen LogP contribution is 2.30. The fraction of sp³-hybridized carbons (Fsp3) is 0.0769. The van der Waals surface area contributed by atoms with E-state index >= 15 is 0 Å². The minimum absolute atomic E-state index is 0.271. The molecular weight excluding hydrogens is 436 g/mol. The Balaban J connectivity index is 1.34. The fourth-order valence-corrected chi connectivity index (χ4v) is 3.74. The molecule has 0 bridgehead atoms. The summed E-state index contributed by atoms with van der Waals surface area (Å²) in [5.74, 6) is -0.102. The Morgan fingerprint density at radius 3 is 1.36 bits per heavy atom.